The van der Waals surface area contributed by atoms with Crippen molar-refractivity contribution in [3.05, 3.63) is 0 Å². The van der Waals surface area contributed by atoms with Crippen LogP contribution in [0.5, 0.6) is 0 Å². The molecule has 2 aliphatic rings. The number of likely N-dealkylation sites (tertiary alicyclic amines) is 1. The van der Waals surface area contributed by atoms with Crippen LogP contribution >= 0.6 is 0 Å². The highest BCUT2D eigenvalue weighted by atomic mass is 16.4. The van der Waals surface area contributed by atoms with E-state index in [4.69, 9.17) is 10.2 Å². The van der Waals surface area contributed by atoms with Gasteiger partial charge in [-0.2, -0.15) is 0 Å². The highest BCUT2D eigenvalue weighted by molar-refractivity contribution is 5.94. The van der Waals surface area contributed by atoms with Gasteiger partial charge in [-0.3, -0.25) is 14.4 Å². The molecule has 0 aromatic carbocycles. The number of hydrogen-bond acceptors (Lipinski definition) is 6. The number of aliphatic hydroxyl groups is 1. The molecule has 0 bridgehead atoms. The molecular weight excluding hydrogens is 368 g/mol. The van der Waals surface area contributed by atoms with E-state index < -0.39 is 42.5 Å². The lowest BCUT2D eigenvalue weighted by Gasteiger charge is -2.29. The first-order valence-corrected chi connectivity index (χ1v) is 9.74. The van der Waals surface area contributed by atoms with Crippen LogP contribution in [-0.2, 0) is 19.2 Å². The molecule has 2 fully saturated rings. The number of rotatable bonds is 8. The maximum absolute atomic E-state index is 12.8. The van der Waals surface area contributed by atoms with E-state index >= 15 is 0 Å². The molecule has 0 aromatic rings. The molecule has 2 aliphatic heterocycles. The number of nitrogens with zero attached hydrogens (tertiary/aromatic N) is 1. The van der Waals surface area contributed by atoms with Gasteiger partial charge in [0.25, 0.3) is 0 Å². The summed E-state index contributed by atoms with van der Waals surface area (Å²) in [6, 6.07) is -3.32. The number of carboxylic acid groups (broad SMARTS) is 1. The van der Waals surface area contributed by atoms with Gasteiger partial charge in [0.2, 0.25) is 17.7 Å². The first-order chi connectivity index (χ1) is 13.3. The monoisotopic (exact) mass is 398 g/mol. The summed E-state index contributed by atoms with van der Waals surface area (Å²) in [5.41, 5.74) is 0. The van der Waals surface area contributed by atoms with Crippen molar-refractivity contribution < 1.29 is 29.4 Å². The van der Waals surface area contributed by atoms with Crippen molar-refractivity contribution in [3.63, 3.8) is 0 Å². The molecular formula is C18H30N4O6. The van der Waals surface area contributed by atoms with Gasteiger partial charge in [0.15, 0.2) is 0 Å². The van der Waals surface area contributed by atoms with Gasteiger partial charge in [-0.15, -0.1) is 0 Å². The fourth-order valence-electron chi connectivity index (χ4n) is 3.63. The summed E-state index contributed by atoms with van der Waals surface area (Å²) in [6.45, 7) is 3.98. The largest absolute Gasteiger partial charge is 0.480 e. The molecule has 0 radical (unpaired) electrons. The number of hydrogen-bond donors (Lipinski definition) is 5. The summed E-state index contributed by atoms with van der Waals surface area (Å²) < 4.78 is 0. The maximum Gasteiger partial charge on any atom is 0.328 e. The number of amides is 3. The fourth-order valence-corrected chi connectivity index (χ4v) is 3.63. The molecule has 2 heterocycles. The van der Waals surface area contributed by atoms with Crippen molar-refractivity contribution in [2.24, 2.45) is 5.92 Å². The average molecular weight is 398 g/mol. The minimum Gasteiger partial charge on any atom is -0.480 e. The lowest BCUT2D eigenvalue weighted by atomic mass is 10.0. The summed E-state index contributed by atoms with van der Waals surface area (Å²) in [5.74, 6) is -2.86. The maximum atomic E-state index is 12.8. The van der Waals surface area contributed by atoms with Gasteiger partial charge < -0.3 is 31.1 Å². The SMILES string of the molecule is CC(C)C(NC(=O)C1CCCN1C(=O)C1CCCN1)C(=O)NC(CO)C(=O)O. The Bertz CT molecular complexity index is 605. The van der Waals surface area contributed by atoms with E-state index in [2.05, 4.69) is 16.0 Å². The summed E-state index contributed by atoms with van der Waals surface area (Å²) in [5, 5.41) is 26.1. The van der Waals surface area contributed by atoms with Crippen LogP contribution in [-0.4, -0.2) is 82.7 Å². The van der Waals surface area contributed by atoms with Crippen LogP contribution in [0.25, 0.3) is 0 Å². The van der Waals surface area contributed by atoms with E-state index in [0.717, 1.165) is 19.4 Å². The van der Waals surface area contributed by atoms with Crippen molar-refractivity contribution in [1.29, 1.82) is 0 Å². The third kappa shape index (κ3) is 5.20. The van der Waals surface area contributed by atoms with Crippen LogP contribution in [0, 0.1) is 5.92 Å². The Morgan fingerprint density at radius 1 is 1.14 bits per heavy atom. The Morgan fingerprint density at radius 2 is 1.86 bits per heavy atom. The van der Waals surface area contributed by atoms with E-state index in [1.54, 1.807) is 18.7 Å². The summed E-state index contributed by atoms with van der Waals surface area (Å²) in [7, 11) is 0. The lowest BCUT2D eigenvalue weighted by Crippen LogP contribution is -2.58. The molecule has 2 saturated heterocycles. The second-order valence-corrected chi connectivity index (χ2v) is 7.65. The van der Waals surface area contributed by atoms with Crippen molar-refractivity contribution in [3.8, 4) is 0 Å². The number of aliphatic carboxylic acids is 1. The number of aliphatic hydroxyl groups excluding tert-OH is 1. The summed E-state index contributed by atoms with van der Waals surface area (Å²) in [4.78, 5) is 50.5. The van der Waals surface area contributed by atoms with E-state index in [0.29, 0.717) is 19.4 Å². The van der Waals surface area contributed by atoms with E-state index in [9.17, 15) is 19.2 Å². The normalized spacial score (nSPS) is 24.1. The molecule has 158 valence electrons. The zero-order valence-electron chi connectivity index (χ0n) is 16.3. The average Bonchev–Trinajstić information content (AvgIpc) is 3.34. The van der Waals surface area contributed by atoms with Gasteiger partial charge in [-0.1, -0.05) is 13.8 Å². The molecule has 4 unspecified atom stereocenters. The Labute approximate surface area is 164 Å². The highest BCUT2D eigenvalue weighted by Crippen LogP contribution is 2.21. The topological polar surface area (TPSA) is 148 Å². The molecule has 5 N–H and O–H groups in total. The minimum absolute atomic E-state index is 0.0908. The standard InChI is InChI=1S/C18H30N4O6/c1-10(2)14(16(25)20-12(9-23)18(27)28)21-15(24)13-6-4-8-22(13)17(26)11-5-3-7-19-11/h10-14,19,23H,3-9H2,1-2H3,(H,20,25)(H,21,24)(H,27,28). The molecule has 0 saturated carbocycles. The van der Waals surface area contributed by atoms with Crippen LogP contribution < -0.4 is 16.0 Å². The Morgan fingerprint density at radius 3 is 2.39 bits per heavy atom. The Balaban J connectivity index is 2.03. The van der Waals surface area contributed by atoms with Crippen molar-refractivity contribution >= 4 is 23.7 Å². The molecule has 2 rings (SSSR count). The lowest BCUT2D eigenvalue weighted by molar-refractivity contribution is -0.144. The van der Waals surface area contributed by atoms with Gasteiger partial charge >= 0.3 is 5.97 Å². The number of carbonyl (C=O) groups is 4. The molecule has 0 spiro atoms. The van der Waals surface area contributed by atoms with Crippen LogP contribution in [0.4, 0.5) is 0 Å². The van der Waals surface area contributed by atoms with Crippen LogP contribution in [0.2, 0.25) is 0 Å². The zero-order chi connectivity index (χ0) is 20.8. The smallest absolute Gasteiger partial charge is 0.328 e. The number of nitrogens with one attached hydrogen (secondary N) is 3. The third-order valence-corrected chi connectivity index (χ3v) is 5.24. The van der Waals surface area contributed by atoms with Crippen molar-refractivity contribution in [1.82, 2.24) is 20.9 Å². The predicted molar refractivity (Wildman–Crippen MR) is 99.2 cm³/mol. The molecule has 10 heteroatoms. The van der Waals surface area contributed by atoms with E-state index in [1.165, 1.54) is 0 Å². The van der Waals surface area contributed by atoms with E-state index in [-0.39, 0.29) is 17.9 Å². The zero-order valence-corrected chi connectivity index (χ0v) is 16.3. The molecule has 0 aromatic heterocycles. The Hall–Kier alpha value is -2.20. The molecule has 0 aliphatic carbocycles. The van der Waals surface area contributed by atoms with Gasteiger partial charge in [0, 0.05) is 6.54 Å². The molecule has 3 amide bonds. The van der Waals surface area contributed by atoms with E-state index in [1.807, 2.05) is 0 Å². The Kier molecular flexibility index (Phi) is 7.76. The highest BCUT2D eigenvalue weighted by Gasteiger charge is 2.39. The number of carbonyl (C=O) groups excluding carboxylic acids is 3. The second-order valence-electron chi connectivity index (χ2n) is 7.65. The first-order valence-electron chi connectivity index (χ1n) is 9.74. The first kappa shape index (κ1) is 22.1. The van der Waals surface area contributed by atoms with Gasteiger partial charge in [-0.05, 0) is 38.1 Å². The summed E-state index contributed by atoms with van der Waals surface area (Å²) >= 11 is 0. The predicted octanol–water partition coefficient (Wildman–Crippen LogP) is -1.57. The van der Waals surface area contributed by atoms with Gasteiger partial charge in [0.05, 0.1) is 12.6 Å². The molecule has 10 nitrogen and oxygen atoms in total. The summed E-state index contributed by atoms with van der Waals surface area (Å²) in [6.07, 6.45) is 2.90. The van der Waals surface area contributed by atoms with Crippen LogP contribution in [0.15, 0.2) is 0 Å². The van der Waals surface area contributed by atoms with Gasteiger partial charge in [-0.25, -0.2) is 4.79 Å². The van der Waals surface area contributed by atoms with Crippen molar-refractivity contribution in [2.75, 3.05) is 19.7 Å². The second kappa shape index (κ2) is 9.83. The van der Waals surface area contributed by atoms with Crippen molar-refractivity contribution in [2.45, 2.75) is 63.7 Å². The molecule has 28 heavy (non-hydrogen) atoms. The van der Waals surface area contributed by atoms with Gasteiger partial charge in [0.1, 0.15) is 18.1 Å². The van der Waals surface area contributed by atoms with Crippen LogP contribution in [0.1, 0.15) is 39.5 Å². The molecule has 4 atom stereocenters. The quantitative estimate of drug-likeness (QED) is 0.332. The number of carboxylic acids is 1. The van der Waals surface area contributed by atoms with Crippen LogP contribution in [0.3, 0.4) is 0 Å². The minimum atomic E-state index is -1.44. The fraction of sp³-hybridized carbons (Fsp3) is 0.778. The third-order valence-electron chi connectivity index (χ3n) is 5.24.